The van der Waals surface area contributed by atoms with E-state index in [9.17, 15) is 0 Å². The van der Waals surface area contributed by atoms with Crippen LogP contribution in [0, 0.1) is 5.92 Å². The van der Waals surface area contributed by atoms with Gasteiger partial charge in [0.1, 0.15) is 0 Å². The number of nitrogens with zero attached hydrogens (tertiary/aromatic N) is 5. The average molecular weight is 205 g/mol. The summed E-state index contributed by atoms with van der Waals surface area (Å²) in [4.78, 5) is 4.53. The van der Waals surface area contributed by atoms with Gasteiger partial charge in [-0.2, -0.15) is 15.2 Å². The maximum atomic E-state index is 4.53. The lowest BCUT2D eigenvalue weighted by Crippen LogP contribution is -2.44. The van der Waals surface area contributed by atoms with Crippen molar-refractivity contribution >= 4 is 24.1 Å². The Balaban J connectivity index is 2.36. The van der Waals surface area contributed by atoms with Crippen molar-refractivity contribution in [2.24, 2.45) is 26.2 Å². The van der Waals surface area contributed by atoms with Crippen LogP contribution in [0.1, 0.15) is 27.7 Å². The summed E-state index contributed by atoms with van der Waals surface area (Å²) in [5.41, 5.74) is -0.253. The van der Waals surface area contributed by atoms with E-state index in [0.29, 0.717) is 0 Å². The monoisotopic (exact) mass is 205 g/mol. The molecule has 0 aromatic rings. The SMILES string of the molecule is CC(C)C1=NN=CC2=NC(C)(C)C=NN21. The Hall–Kier alpha value is -1.52. The molecule has 0 N–H and O–H groups in total. The smallest absolute Gasteiger partial charge is 0.172 e. The van der Waals surface area contributed by atoms with Gasteiger partial charge in [-0.25, -0.2) is 0 Å². The molecule has 0 amide bonds. The fraction of sp³-hybridized carbons (Fsp3) is 0.600. The molecule has 5 heteroatoms. The van der Waals surface area contributed by atoms with E-state index in [1.54, 1.807) is 11.2 Å². The molecular weight excluding hydrogens is 190 g/mol. The molecule has 2 rings (SSSR count). The second-order valence-electron chi connectivity index (χ2n) is 4.54. The minimum absolute atomic E-state index is 0.253. The van der Waals surface area contributed by atoms with Crippen LogP contribution < -0.4 is 0 Å². The molecule has 0 atom stereocenters. The van der Waals surface area contributed by atoms with E-state index in [1.807, 2.05) is 20.1 Å². The van der Waals surface area contributed by atoms with Crippen LogP contribution in [0.4, 0.5) is 0 Å². The zero-order chi connectivity index (χ0) is 11.1. The number of hydrazone groups is 1. The van der Waals surface area contributed by atoms with E-state index < -0.39 is 0 Å². The first-order chi connectivity index (χ1) is 6.99. The molecular formula is C10H15N5. The number of rotatable bonds is 1. The zero-order valence-corrected chi connectivity index (χ0v) is 9.47. The third kappa shape index (κ3) is 1.82. The summed E-state index contributed by atoms with van der Waals surface area (Å²) in [5.74, 6) is 1.88. The molecule has 0 aromatic heterocycles. The fourth-order valence-corrected chi connectivity index (χ4v) is 1.43. The first kappa shape index (κ1) is 10.0. The highest BCUT2D eigenvalue weighted by Crippen LogP contribution is 2.17. The molecule has 2 heterocycles. The fourth-order valence-electron chi connectivity index (χ4n) is 1.43. The molecule has 0 spiro atoms. The Labute approximate surface area is 89.3 Å². The van der Waals surface area contributed by atoms with Crippen LogP contribution in [-0.4, -0.2) is 34.6 Å². The highest BCUT2D eigenvalue weighted by atomic mass is 15.5. The van der Waals surface area contributed by atoms with Crippen LogP contribution in [0.3, 0.4) is 0 Å². The summed E-state index contributed by atoms with van der Waals surface area (Å²) in [6.07, 6.45) is 3.47. The third-order valence-corrected chi connectivity index (χ3v) is 2.18. The first-order valence-electron chi connectivity index (χ1n) is 5.06. The molecule has 0 aliphatic carbocycles. The summed E-state index contributed by atoms with van der Waals surface area (Å²) in [7, 11) is 0. The summed E-state index contributed by atoms with van der Waals surface area (Å²) in [6.45, 7) is 8.14. The molecule has 0 bridgehead atoms. The van der Waals surface area contributed by atoms with Crippen molar-refractivity contribution in [1.82, 2.24) is 5.01 Å². The lowest BCUT2D eigenvalue weighted by molar-refractivity contribution is 0.558. The molecule has 0 unspecified atom stereocenters. The van der Waals surface area contributed by atoms with Gasteiger partial charge in [-0.15, -0.1) is 5.10 Å². The molecule has 0 radical (unpaired) electrons. The number of hydrogen-bond acceptors (Lipinski definition) is 5. The van der Waals surface area contributed by atoms with Crippen LogP contribution in [0.25, 0.3) is 0 Å². The van der Waals surface area contributed by atoms with E-state index in [4.69, 9.17) is 0 Å². The van der Waals surface area contributed by atoms with Crippen LogP contribution in [-0.2, 0) is 0 Å². The van der Waals surface area contributed by atoms with E-state index in [2.05, 4.69) is 34.1 Å². The third-order valence-electron chi connectivity index (χ3n) is 2.18. The summed E-state index contributed by atoms with van der Waals surface area (Å²) < 4.78 is 0. The van der Waals surface area contributed by atoms with Crippen LogP contribution in [0.5, 0.6) is 0 Å². The first-order valence-corrected chi connectivity index (χ1v) is 5.06. The lowest BCUT2D eigenvalue weighted by Gasteiger charge is -2.30. The lowest BCUT2D eigenvalue weighted by atomic mass is 10.1. The average Bonchev–Trinajstić information content (AvgIpc) is 2.14. The van der Waals surface area contributed by atoms with Crippen molar-refractivity contribution in [2.75, 3.05) is 0 Å². The van der Waals surface area contributed by atoms with Crippen LogP contribution >= 0.6 is 0 Å². The largest absolute Gasteiger partial charge is 0.253 e. The maximum Gasteiger partial charge on any atom is 0.172 e. The number of fused-ring (bicyclic) bond motifs is 1. The van der Waals surface area contributed by atoms with E-state index in [-0.39, 0.29) is 11.5 Å². The Morgan fingerprint density at radius 3 is 2.73 bits per heavy atom. The van der Waals surface area contributed by atoms with Gasteiger partial charge in [-0.1, -0.05) is 13.8 Å². The van der Waals surface area contributed by atoms with Gasteiger partial charge in [0.25, 0.3) is 0 Å². The predicted molar refractivity (Wildman–Crippen MR) is 62.6 cm³/mol. The zero-order valence-electron chi connectivity index (χ0n) is 9.47. The number of amidine groups is 2. The van der Waals surface area contributed by atoms with Crippen molar-refractivity contribution in [1.29, 1.82) is 0 Å². The van der Waals surface area contributed by atoms with Gasteiger partial charge < -0.3 is 0 Å². The van der Waals surface area contributed by atoms with Gasteiger partial charge in [-0.3, -0.25) is 4.99 Å². The summed E-state index contributed by atoms with van der Waals surface area (Å²) in [6, 6.07) is 0. The van der Waals surface area contributed by atoms with Crippen molar-refractivity contribution in [3.05, 3.63) is 0 Å². The van der Waals surface area contributed by atoms with Crippen molar-refractivity contribution < 1.29 is 0 Å². The molecule has 15 heavy (non-hydrogen) atoms. The van der Waals surface area contributed by atoms with Crippen molar-refractivity contribution in [3.63, 3.8) is 0 Å². The molecule has 2 aliphatic rings. The second-order valence-corrected chi connectivity index (χ2v) is 4.54. The molecule has 80 valence electrons. The molecule has 5 nitrogen and oxygen atoms in total. The molecule has 0 aromatic carbocycles. The summed E-state index contributed by atoms with van der Waals surface area (Å²) >= 11 is 0. The maximum absolute atomic E-state index is 4.53. The molecule has 2 aliphatic heterocycles. The van der Waals surface area contributed by atoms with Gasteiger partial charge >= 0.3 is 0 Å². The normalized spacial score (nSPS) is 22.6. The summed E-state index contributed by atoms with van der Waals surface area (Å²) in [5, 5.41) is 14.1. The highest BCUT2D eigenvalue weighted by Gasteiger charge is 2.28. The van der Waals surface area contributed by atoms with Gasteiger partial charge in [0, 0.05) is 5.92 Å². The Morgan fingerprint density at radius 1 is 1.33 bits per heavy atom. The quantitative estimate of drug-likeness (QED) is 0.640. The van der Waals surface area contributed by atoms with Gasteiger partial charge in [0.05, 0.1) is 18.0 Å². The topological polar surface area (TPSA) is 52.7 Å². The second kappa shape index (κ2) is 3.25. The number of aliphatic imine (C=N–C) groups is 1. The van der Waals surface area contributed by atoms with Gasteiger partial charge in [0.15, 0.2) is 11.7 Å². The molecule has 0 fully saturated rings. The van der Waals surface area contributed by atoms with Crippen LogP contribution in [0.15, 0.2) is 20.3 Å². The van der Waals surface area contributed by atoms with E-state index in [1.165, 1.54) is 0 Å². The molecule has 0 saturated heterocycles. The van der Waals surface area contributed by atoms with Crippen molar-refractivity contribution in [2.45, 2.75) is 33.2 Å². The Bertz CT molecular complexity index is 387. The number of hydrogen-bond donors (Lipinski definition) is 0. The Kier molecular flexibility index (Phi) is 2.17. The Morgan fingerprint density at radius 2 is 2.07 bits per heavy atom. The predicted octanol–water partition coefficient (Wildman–Crippen LogP) is 1.52. The highest BCUT2D eigenvalue weighted by molar-refractivity contribution is 6.34. The van der Waals surface area contributed by atoms with E-state index in [0.717, 1.165) is 11.7 Å². The minimum atomic E-state index is -0.253. The van der Waals surface area contributed by atoms with E-state index >= 15 is 0 Å². The molecule has 0 saturated carbocycles. The van der Waals surface area contributed by atoms with Crippen molar-refractivity contribution in [3.8, 4) is 0 Å². The van der Waals surface area contributed by atoms with Gasteiger partial charge in [-0.05, 0) is 13.8 Å². The minimum Gasteiger partial charge on any atom is -0.253 e. The van der Waals surface area contributed by atoms with Gasteiger partial charge in [0.2, 0.25) is 0 Å². The van der Waals surface area contributed by atoms with Crippen LogP contribution in [0.2, 0.25) is 0 Å². The standard InChI is InChI=1S/C10H15N5/c1-7(2)9-14-11-5-8-13-10(3,4)6-12-15(8)9/h5-7H,1-4H3.